The van der Waals surface area contributed by atoms with Crippen molar-refractivity contribution in [3.05, 3.63) is 155 Å². The van der Waals surface area contributed by atoms with E-state index in [-0.39, 0.29) is 50.7 Å². The molecule has 350 valence electrons. The maximum Gasteiger partial charge on any atom is 0.421 e. The van der Waals surface area contributed by atoms with Crippen LogP contribution in [0.5, 0.6) is 5.75 Å². The lowest BCUT2D eigenvalue weighted by molar-refractivity contribution is -0.177. The summed E-state index contributed by atoms with van der Waals surface area (Å²) in [6, 6.07) is 34.6. The number of cyclic esters (lactones) is 1. The molecule has 15 heteroatoms. The minimum absolute atomic E-state index is 0.0330. The number of carbonyl (C=O) groups excluding carboxylic acids is 4. The summed E-state index contributed by atoms with van der Waals surface area (Å²) >= 11 is 0. The summed E-state index contributed by atoms with van der Waals surface area (Å²) in [5.41, 5.74) is 1.97. The number of benzene rings is 5. The van der Waals surface area contributed by atoms with E-state index in [2.05, 4.69) is 22.1 Å². The van der Waals surface area contributed by atoms with Crippen molar-refractivity contribution in [3.8, 4) is 17.6 Å². The van der Waals surface area contributed by atoms with Crippen molar-refractivity contribution in [1.82, 2.24) is 4.90 Å². The standard InChI is InChI=1S/C53H52N4O11/c1-64-31-32-67-52(63)56-43-23-18-35(11-8-9-26-58)33-42(43)53(51(56)62)44(49(60)54-39-19-21-40(22-20-39)55-24-28-65-29-25-55)46-50(61)68-47(37-14-6-3-7-15-37)45(36-12-4-2-5-13-36)57(46)48(53)38-16-10-17-41(34-38)66-30-27-59/h2-7,10,12-23,33-34,44-48,58-59H,9,24-32H2,1H3,(H,54,60)/t44-,45-,46-,47+,48+,53-/m0/s1. The van der Waals surface area contributed by atoms with E-state index in [1.165, 1.54) is 7.11 Å². The number of anilines is 3. The lowest BCUT2D eigenvalue weighted by atomic mass is 9.65. The first-order valence-electron chi connectivity index (χ1n) is 22.7. The van der Waals surface area contributed by atoms with Crippen LogP contribution in [-0.4, -0.2) is 111 Å². The van der Waals surface area contributed by atoms with E-state index in [1.54, 1.807) is 54.6 Å². The number of morpholine rings is 2. The Labute approximate surface area is 394 Å². The van der Waals surface area contributed by atoms with Gasteiger partial charge in [0.15, 0.2) is 0 Å². The molecule has 0 aromatic heterocycles. The highest BCUT2D eigenvalue weighted by molar-refractivity contribution is 6.24. The van der Waals surface area contributed by atoms with Crippen LogP contribution in [-0.2, 0) is 38.7 Å². The Bertz CT molecular complexity index is 2690. The third-order valence-electron chi connectivity index (χ3n) is 13.0. The maximum atomic E-state index is 16.4. The van der Waals surface area contributed by atoms with Crippen molar-refractivity contribution in [2.75, 3.05) is 81.6 Å². The molecule has 0 bridgehead atoms. The molecule has 4 aliphatic heterocycles. The third-order valence-corrected chi connectivity index (χ3v) is 13.0. The molecule has 5 aromatic rings. The van der Waals surface area contributed by atoms with Gasteiger partial charge in [0.05, 0.1) is 56.7 Å². The van der Waals surface area contributed by atoms with Crippen LogP contribution in [0.3, 0.4) is 0 Å². The predicted octanol–water partition coefficient (Wildman–Crippen LogP) is 5.72. The van der Waals surface area contributed by atoms with Gasteiger partial charge in [0.1, 0.15) is 36.5 Å². The van der Waals surface area contributed by atoms with Crippen LogP contribution in [0.2, 0.25) is 0 Å². The summed E-state index contributed by atoms with van der Waals surface area (Å²) in [7, 11) is 1.46. The van der Waals surface area contributed by atoms with Gasteiger partial charge in [-0.1, -0.05) is 84.6 Å². The predicted molar refractivity (Wildman–Crippen MR) is 251 cm³/mol. The number of fused-ring (bicyclic) bond motifs is 3. The average molecular weight is 921 g/mol. The molecule has 0 radical (unpaired) electrons. The van der Waals surface area contributed by atoms with Gasteiger partial charge >= 0.3 is 12.1 Å². The molecule has 15 nitrogen and oxygen atoms in total. The highest BCUT2D eigenvalue weighted by atomic mass is 16.6. The summed E-state index contributed by atoms with van der Waals surface area (Å²) in [6.45, 7) is 1.96. The van der Waals surface area contributed by atoms with Crippen molar-refractivity contribution in [3.63, 3.8) is 0 Å². The van der Waals surface area contributed by atoms with Crippen molar-refractivity contribution < 1.29 is 53.1 Å². The smallest absolute Gasteiger partial charge is 0.421 e. The van der Waals surface area contributed by atoms with Crippen molar-refractivity contribution in [2.45, 2.75) is 36.1 Å². The minimum atomic E-state index is -2.08. The average Bonchev–Trinajstić information content (AvgIpc) is 3.83. The Kier molecular flexibility index (Phi) is 13.8. The maximum absolute atomic E-state index is 16.4. The quantitative estimate of drug-likeness (QED) is 0.0744. The van der Waals surface area contributed by atoms with Gasteiger partial charge in [-0.15, -0.1) is 0 Å². The van der Waals surface area contributed by atoms with Gasteiger partial charge in [-0.2, -0.15) is 0 Å². The molecule has 68 heavy (non-hydrogen) atoms. The molecule has 4 heterocycles. The fourth-order valence-corrected chi connectivity index (χ4v) is 10.2. The van der Waals surface area contributed by atoms with E-state index in [9.17, 15) is 15.0 Å². The van der Waals surface area contributed by atoms with E-state index >= 15 is 14.4 Å². The van der Waals surface area contributed by atoms with Crippen LogP contribution in [0, 0.1) is 17.8 Å². The Morgan fingerprint density at radius 1 is 0.794 bits per heavy atom. The SMILES string of the molecule is COCCOC(=O)N1C(=O)[C@@]2(c3cc(C#CCCO)ccc31)[C@H](C(=O)Nc1ccc(N3CCOCC3)cc1)[C@H]1C(=O)O[C@H](c3ccccc3)[C@H](c3ccccc3)N1[C@@H]2c1cccc(OCCO)c1. The Balaban J connectivity index is 1.32. The van der Waals surface area contributed by atoms with Crippen LogP contribution in [0.15, 0.2) is 127 Å². The number of hydrogen-bond donors (Lipinski definition) is 3. The van der Waals surface area contributed by atoms with Gasteiger partial charge in [-0.05, 0) is 76.9 Å². The van der Waals surface area contributed by atoms with Gasteiger partial charge in [-0.3, -0.25) is 19.3 Å². The number of ether oxygens (including phenoxy) is 5. The first-order valence-corrected chi connectivity index (χ1v) is 22.7. The van der Waals surface area contributed by atoms with Crippen molar-refractivity contribution in [1.29, 1.82) is 0 Å². The van der Waals surface area contributed by atoms with Gasteiger partial charge in [0.25, 0.3) is 0 Å². The summed E-state index contributed by atoms with van der Waals surface area (Å²) in [5.74, 6) is 2.59. The molecule has 5 aromatic carbocycles. The van der Waals surface area contributed by atoms with E-state index in [1.807, 2.05) is 77.7 Å². The minimum Gasteiger partial charge on any atom is -0.491 e. The number of amides is 3. The van der Waals surface area contributed by atoms with Crippen LogP contribution in [0.25, 0.3) is 0 Å². The molecular formula is C53H52N4O11. The number of hydrogen-bond acceptors (Lipinski definition) is 13. The molecule has 6 atom stereocenters. The number of aliphatic hydroxyl groups is 2. The van der Waals surface area contributed by atoms with Crippen LogP contribution in [0.1, 0.15) is 52.4 Å². The number of nitrogens with zero attached hydrogens (tertiary/aromatic N) is 3. The molecule has 3 fully saturated rings. The summed E-state index contributed by atoms with van der Waals surface area (Å²) in [5, 5.41) is 22.5. The number of rotatable bonds is 13. The number of aliphatic hydroxyl groups excluding tert-OH is 2. The highest BCUT2D eigenvalue weighted by Crippen LogP contribution is 2.66. The molecule has 1 spiro atoms. The first-order chi connectivity index (χ1) is 33.3. The Morgan fingerprint density at radius 2 is 1.51 bits per heavy atom. The number of imide groups is 1. The van der Waals surface area contributed by atoms with E-state index in [0.717, 1.165) is 16.2 Å². The zero-order chi connectivity index (χ0) is 47.2. The summed E-state index contributed by atoms with van der Waals surface area (Å²) < 4.78 is 29.0. The fourth-order valence-electron chi connectivity index (χ4n) is 10.2. The van der Waals surface area contributed by atoms with Crippen molar-refractivity contribution >= 4 is 40.9 Å². The van der Waals surface area contributed by atoms with Gasteiger partial charge in [0.2, 0.25) is 11.8 Å². The Morgan fingerprint density at radius 3 is 2.22 bits per heavy atom. The number of nitrogens with one attached hydrogen (secondary N) is 1. The second-order valence-electron chi connectivity index (χ2n) is 16.8. The zero-order valence-electron chi connectivity index (χ0n) is 37.5. The van der Waals surface area contributed by atoms with E-state index < -0.39 is 59.4 Å². The Hall–Kier alpha value is -7.06. The summed E-state index contributed by atoms with van der Waals surface area (Å²) in [4.78, 5) is 67.2. The van der Waals surface area contributed by atoms with Gasteiger partial charge in [0, 0.05) is 43.6 Å². The second kappa shape index (κ2) is 20.4. The molecule has 3 amide bonds. The molecule has 0 aliphatic carbocycles. The van der Waals surface area contributed by atoms with Crippen LogP contribution >= 0.6 is 0 Å². The molecule has 0 unspecified atom stereocenters. The molecule has 3 saturated heterocycles. The normalized spacial score (nSPS) is 23.0. The lowest BCUT2D eigenvalue weighted by Gasteiger charge is -2.46. The molecule has 4 aliphatic rings. The monoisotopic (exact) mass is 920 g/mol. The number of methoxy groups -OCH3 is 1. The first kappa shape index (κ1) is 46.1. The summed E-state index contributed by atoms with van der Waals surface area (Å²) in [6.07, 6.45) is -1.78. The fraction of sp³-hybridized carbons (Fsp3) is 0.321. The largest absolute Gasteiger partial charge is 0.491 e. The van der Waals surface area contributed by atoms with Gasteiger partial charge < -0.3 is 44.1 Å². The third kappa shape index (κ3) is 8.57. The lowest BCUT2D eigenvalue weighted by Crippen LogP contribution is -2.54. The van der Waals surface area contributed by atoms with Gasteiger partial charge in [-0.25, -0.2) is 9.69 Å². The zero-order valence-corrected chi connectivity index (χ0v) is 37.5. The molecule has 3 N–H and O–H groups in total. The van der Waals surface area contributed by atoms with E-state index in [0.29, 0.717) is 54.4 Å². The number of esters is 1. The second-order valence-corrected chi connectivity index (χ2v) is 16.8. The van der Waals surface area contributed by atoms with E-state index in [4.69, 9.17) is 23.7 Å². The molecule has 0 saturated carbocycles. The number of carbonyl (C=O) groups is 4. The molecule has 9 rings (SSSR count). The molecular weight excluding hydrogens is 869 g/mol. The van der Waals surface area contributed by atoms with Crippen molar-refractivity contribution in [2.24, 2.45) is 5.92 Å². The van der Waals surface area contributed by atoms with Crippen LogP contribution in [0.4, 0.5) is 21.9 Å². The van der Waals surface area contributed by atoms with Crippen LogP contribution < -0.4 is 19.9 Å². The highest BCUT2D eigenvalue weighted by Gasteiger charge is 2.76. The topological polar surface area (TPSA) is 177 Å².